The van der Waals surface area contributed by atoms with Crippen LogP contribution in [0, 0.1) is 0 Å². The van der Waals surface area contributed by atoms with E-state index in [2.05, 4.69) is 21.0 Å². The molecule has 0 aliphatic carbocycles. The van der Waals surface area contributed by atoms with Crippen molar-refractivity contribution in [2.45, 2.75) is 37.0 Å². The first-order valence-electron chi connectivity index (χ1n) is 10.6. The number of hydrogen-bond donors (Lipinski definition) is 3. The van der Waals surface area contributed by atoms with Gasteiger partial charge >= 0.3 is 0 Å². The Kier molecular flexibility index (Phi) is 6.57. The Labute approximate surface area is 192 Å². The fraction of sp³-hybridized carbons (Fsp3) is 0.261. The average Bonchev–Trinajstić information content (AvgIpc) is 3.22. The second kappa shape index (κ2) is 9.55. The van der Waals surface area contributed by atoms with E-state index in [1.165, 1.54) is 16.8 Å². The molecule has 2 aromatic carbocycles. The molecule has 3 N–H and O–H groups in total. The number of nitrogens with zero attached hydrogens (tertiary/aromatic N) is 2. The van der Waals surface area contributed by atoms with Crippen molar-refractivity contribution in [3.05, 3.63) is 66.7 Å². The van der Waals surface area contributed by atoms with E-state index in [1.807, 2.05) is 37.3 Å². The molecule has 2 amide bonds. The third-order valence-corrected chi connectivity index (χ3v) is 6.98. The van der Waals surface area contributed by atoms with Gasteiger partial charge in [0.15, 0.2) is 16.1 Å². The van der Waals surface area contributed by atoms with Gasteiger partial charge in [-0.1, -0.05) is 48.5 Å². The number of carbonyl (C=O) groups excluding carboxylic acids is 2. The maximum absolute atomic E-state index is 12.7. The number of amides is 2. The number of carbonyl (C=O) groups is 2. The van der Waals surface area contributed by atoms with E-state index in [1.54, 1.807) is 24.3 Å². The normalized spacial score (nSPS) is 18.5. The topological polar surface area (TPSA) is 122 Å². The first-order chi connectivity index (χ1) is 15.8. The van der Waals surface area contributed by atoms with Crippen molar-refractivity contribution in [2.75, 3.05) is 11.1 Å². The highest BCUT2D eigenvalue weighted by molar-refractivity contribution is 7.91. The predicted octanol–water partition coefficient (Wildman–Crippen LogP) is 2.31. The van der Waals surface area contributed by atoms with Crippen molar-refractivity contribution < 1.29 is 18.0 Å². The fourth-order valence-electron chi connectivity index (χ4n) is 3.60. The van der Waals surface area contributed by atoms with Crippen LogP contribution in [-0.2, 0) is 19.4 Å². The molecule has 0 spiro atoms. The van der Waals surface area contributed by atoms with Crippen LogP contribution in [0.4, 0.5) is 5.82 Å². The van der Waals surface area contributed by atoms with Crippen LogP contribution in [0.2, 0.25) is 0 Å². The minimum atomic E-state index is -3.58. The third kappa shape index (κ3) is 5.47. The Morgan fingerprint density at radius 3 is 2.45 bits per heavy atom. The van der Waals surface area contributed by atoms with Crippen molar-refractivity contribution in [1.29, 1.82) is 0 Å². The van der Waals surface area contributed by atoms with Gasteiger partial charge in [-0.05, 0) is 19.1 Å². The lowest BCUT2D eigenvalue weighted by atomic mass is 10.1. The van der Waals surface area contributed by atoms with Crippen LogP contribution in [0.1, 0.15) is 26.1 Å². The van der Waals surface area contributed by atoms with Gasteiger partial charge in [-0.2, -0.15) is 5.10 Å². The summed E-state index contributed by atoms with van der Waals surface area (Å²) in [5.74, 6) is -0.569. The van der Waals surface area contributed by atoms with E-state index in [9.17, 15) is 18.0 Å². The van der Waals surface area contributed by atoms with E-state index in [0.717, 1.165) is 5.56 Å². The number of aromatic nitrogens is 2. The Morgan fingerprint density at radius 1 is 1.12 bits per heavy atom. The number of rotatable bonds is 7. The Hall–Kier alpha value is -3.50. The van der Waals surface area contributed by atoms with Crippen molar-refractivity contribution in [1.82, 2.24) is 20.4 Å². The Bertz CT molecular complexity index is 1240. The number of anilines is 1. The van der Waals surface area contributed by atoms with Gasteiger partial charge in [0, 0.05) is 30.5 Å². The molecule has 0 radical (unpaired) electrons. The van der Waals surface area contributed by atoms with Crippen LogP contribution in [0.3, 0.4) is 0 Å². The number of benzene rings is 2. The van der Waals surface area contributed by atoms with Crippen molar-refractivity contribution in [3.63, 3.8) is 0 Å². The highest BCUT2D eigenvalue weighted by Crippen LogP contribution is 2.25. The molecule has 1 aliphatic rings. The lowest BCUT2D eigenvalue weighted by molar-refractivity contribution is -0.125. The van der Waals surface area contributed by atoms with Crippen LogP contribution >= 0.6 is 0 Å². The minimum Gasteiger partial charge on any atom is -0.322 e. The lowest BCUT2D eigenvalue weighted by Crippen LogP contribution is -2.52. The van der Waals surface area contributed by atoms with E-state index in [-0.39, 0.29) is 29.0 Å². The maximum Gasteiger partial charge on any atom is 0.226 e. The molecule has 2 heterocycles. The largest absolute Gasteiger partial charge is 0.322 e. The summed E-state index contributed by atoms with van der Waals surface area (Å²) in [5.41, 5.74) is 1.45. The van der Waals surface area contributed by atoms with E-state index in [4.69, 9.17) is 0 Å². The Balaban J connectivity index is 1.55. The van der Waals surface area contributed by atoms with Gasteiger partial charge < -0.3 is 10.6 Å². The summed E-state index contributed by atoms with van der Waals surface area (Å²) in [6.07, 6.45) is -0.534. The zero-order valence-electron chi connectivity index (χ0n) is 18.1. The second-order valence-corrected chi connectivity index (χ2v) is 10.0. The van der Waals surface area contributed by atoms with Crippen LogP contribution < -0.4 is 16.0 Å². The summed E-state index contributed by atoms with van der Waals surface area (Å²) < 4.78 is 26.5. The highest BCUT2D eigenvalue weighted by Gasteiger charge is 2.27. The molecule has 33 heavy (non-hydrogen) atoms. The molecule has 9 nitrogen and oxygen atoms in total. The molecule has 2 unspecified atom stereocenters. The summed E-state index contributed by atoms with van der Waals surface area (Å²) >= 11 is 0. The molecular formula is C23H25N5O4S. The van der Waals surface area contributed by atoms with Gasteiger partial charge in [0.2, 0.25) is 11.8 Å². The van der Waals surface area contributed by atoms with Gasteiger partial charge in [-0.25, -0.2) is 13.1 Å². The molecule has 0 saturated carbocycles. The number of hydrogen-bond acceptors (Lipinski definition) is 6. The molecule has 4 rings (SSSR count). The Morgan fingerprint density at radius 2 is 1.79 bits per heavy atom. The van der Waals surface area contributed by atoms with Crippen LogP contribution in [0.5, 0.6) is 0 Å². The van der Waals surface area contributed by atoms with Crippen LogP contribution in [0.25, 0.3) is 11.3 Å². The van der Waals surface area contributed by atoms with Gasteiger partial charge in [0.05, 0.1) is 16.3 Å². The zero-order chi connectivity index (χ0) is 23.4. The van der Waals surface area contributed by atoms with Crippen molar-refractivity contribution >= 4 is 27.5 Å². The fourth-order valence-corrected chi connectivity index (χ4v) is 4.87. The first kappa shape index (κ1) is 22.7. The SMILES string of the molecule is CC1CC(=O)NC(n2nc(-c3ccccc3)cc2NC(=O)CCS(=O)(=O)c2ccccc2)N1. The summed E-state index contributed by atoms with van der Waals surface area (Å²) in [5, 5.41) is 13.4. The molecular weight excluding hydrogens is 442 g/mol. The van der Waals surface area contributed by atoms with E-state index in [0.29, 0.717) is 17.9 Å². The molecule has 1 fully saturated rings. The minimum absolute atomic E-state index is 0.0762. The van der Waals surface area contributed by atoms with Gasteiger partial charge in [-0.3, -0.25) is 14.9 Å². The molecule has 1 saturated heterocycles. The van der Waals surface area contributed by atoms with Gasteiger partial charge in [0.1, 0.15) is 5.82 Å². The lowest BCUT2D eigenvalue weighted by Gasteiger charge is -2.30. The summed E-state index contributed by atoms with van der Waals surface area (Å²) in [7, 11) is -3.58. The van der Waals surface area contributed by atoms with Crippen molar-refractivity contribution in [2.24, 2.45) is 0 Å². The molecule has 172 valence electrons. The van der Waals surface area contributed by atoms with E-state index >= 15 is 0 Å². The third-order valence-electron chi connectivity index (χ3n) is 5.25. The van der Waals surface area contributed by atoms with Crippen LogP contribution in [-0.4, -0.2) is 41.8 Å². The predicted molar refractivity (Wildman–Crippen MR) is 124 cm³/mol. The molecule has 3 aromatic rings. The monoisotopic (exact) mass is 467 g/mol. The van der Waals surface area contributed by atoms with Crippen molar-refractivity contribution in [3.8, 4) is 11.3 Å². The summed E-state index contributed by atoms with van der Waals surface area (Å²) in [6.45, 7) is 1.89. The number of sulfone groups is 1. The van der Waals surface area contributed by atoms with Crippen LogP contribution in [0.15, 0.2) is 71.6 Å². The first-order valence-corrected chi connectivity index (χ1v) is 12.2. The van der Waals surface area contributed by atoms with Gasteiger partial charge in [-0.15, -0.1) is 0 Å². The standard InChI is InChI=1S/C23H25N5O4S/c1-16-14-22(30)26-23(24-16)28-20(15-19(27-28)17-8-4-2-5-9-17)25-21(29)12-13-33(31,32)18-10-6-3-7-11-18/h2-11,15-16,23-24H,12-14H2,1H3,(H,25,29)(H,26,30). The van der Waals surface area contributed by atoms with E-state index < -0.39 is 22.0 Å². The summed E-state index contributed by atoms with van der Waals surface area (Å²) in [4.78, 5) is 24.9. The number of nitrogens with one attached hydrogen (secondary N) is 3. The molecule has 2 atom stereocenters. The highest BCUT2D eigenvalue weighted by atomic mass is 32.2. The maximum atomic E-state index is 12.7. The molecule has 0 bridgehead atoms. The zero-order valence-corrected chi connectivity index (χ0v) is 18.9. The molecule has 1 aliphatic heterocycles. The molecule has 1 aromatic heterocycles. The van der Waals surface area contributed by atoms with Gasteiger partial charge in [0.25, 0.3) is 0 Å². The molecule has 10 heteroatoms. The smallest absolute Gasteiger partial charge is 0.226 e. The summed E-state index contributed by atoms with van der Waals surface area (Å²) in [6, 6.07) is 19.1. The quantitative estimate of drug-likeness (QED) is 0.490. The second-order valence-electron chi connectivity index (χ2n) is 7.90. The average molecular weight is 468 g/mol.